The van der Waals surface area contributed by atoms with Crippen LogP contribution in [0.15, 0.2) is 30.5 Å². The minimum atomic E-state index is -0.322. The van der Waals surface area contributed by atoms with Gasteiger partial charge in [0.05, 0.1) is 32.5 Å². The highest BCUT2D eigenvalue weighted by Crippen LogP contribution is 2.33. The van der Waals surface area contributed by atoms with Crippen molar-refractivity contribution in [1.82, 2.24) is 19.8 Å². The molecular weight excluding hydrogens is 394 g/mol. The van der Waals surface area contributed by atoms with Crippen LogP contribution in [0, 0.1) is 0 Å². The molecule has 2 heterocycles. The number of likely N-dealkylation sites (N-methyl/N-ethyl adjacent to an activating group) is 1. The van der Waals surface area contributed by atoms with Gasteiger partial charge in [-0.1, -0.05) is 26.0 Å². The lowest BCUT2D eigenvalue weighted by molar-refractivity contribution is -0.140. The number of rotatable bonds is 8. The summed E-state index contributed by atoms with van der Waals surface area (Å²) in [7, 11) is 5.47. The number of morpholine rings is 1. The second-order valence-corrected chi connectivity index (χ2v) is 7.76. The van der Waals surface area contributed by atoms with E-state index in [0.29, 0.717) is 32.2 Å². The maximum Gasteiger partial charge on any atom is 0.236 e. The monoisotopic (exact) mass is 427 g/mol. The molecule has 168 valence electrons. The van der Waals surface area contributed by atoms with Gasteiger partial charge in [-0.15, -0.1) is 0 Å². The number of anilines is 1. The quantitative estimate of drug-likeness (QED) is 0.641. The Morgan fingerprint density at radius 3 is 2.74 bits per heavy atom. The third kappa shape index (κ3) is 5.51. The largest absolute Gasteiger partial charge is 0.497 e. The summed E-state index contributed by atoms with van der Waals surface area (Å²) in [6.07, 6.45) is 1.50. The van der Waals surface area contributed by atoms with Crippen LogP contribution < -0.4 is 9.64 Å². The van der Waals surface area contributed by atoms with Gasteiger partial charge >= 0.3 is 0 Å². The normalized spacial score (nSPS) is 16.5. The molecule has 1 amide bonds. The average molecular weight is 428 g/mol. The lowest BCUT2D eigenvalue weighted by Gasteiger charge is -2.34. The van der Waals surface area contributed by atoms with Crippen molar-refractivity contribution in [2.75, 3.05) is 65.4 Å². The third-order valence-corrected chi connectivity index (χ3v) is 5.56. The molecule has 0 N–H and O–H groups in total. The van der Waals surface area contributed by atoms with Gasteiger partial charge in [0.15, 0.2) is 0 Å². The van der Waals surface area contributed by atoms with Crippen LogP contribution in [0.3, 0.4) is 0 Å². The molecule has 0 aliphatic carbocycles. The SMILES string of the molecule is CCN(CC)CC(=O)N1CCO[C@@H](c2nc(N(C)C)ncc2-c2cccc(OC)c2)C1. The van der Waals surface area contributed by atoms with E-state index in [1.165, 1.54) is 0 Å². The first-order valence-electron chi connectivity index (χ1n) is 10.8. The van der Waals surface area contributed by atoms with Crippen LogP contribution in [0.25, 0.3) is 11.1 Å². The first-order valence-corrected chi connectivity index (χ1v) is 10.8. The molecule has 0 saturated carbocycles. The molecule has 0 unspecified atom stereocenters. The van der Waals surface area contributed by atoms with Gasteiger partial charge in [0.25, 0.3) is 0 Å². The second-order valence-electron chi connectivity index (χ2n) is 7.76. The molecule has 1 aliphatic heterocycles. The summed E-state index contributed by atoms with van der Waals surface area (Å²) in [4.78, 5) is 28.1. The maximum absolute atomic E-state index is 12.9. The molecule has 1 aliphatic rings. The lowest BCUT2D eigenvalue weighted by Crippen LogP contribution is -2.46. The Morgan fingerprint density at radius 2 is 2.06 bits per heavy atom. The van der Waals surface area contributed by atoms with Crippen LogP contribution in [0.5, 0.6) is 5.75 Å². The van der Waals surface area contributed by atoms with Gasteiger partial charge in [-0.3, -0.25) is 9.69 Å². The Hall–Kier alpha value is -2.71. The van der Waals surface area contributed by atoms with Crippen molar-refractivity contribution in [2.45, 2.75) is 20.0 Å². The van der Waals surface area contributed by atoms with Gasteiger partial charge in [0, 0.05) is 32.4 Å². The van der Waals surface area contributed by atoms with Gasteiger partial charge in [0.2, 0.25) is 11.9 Å². The number of nitrogens with zero attached hydrogens (tertiary/aromatic N) is 5. The molecule has 1 fully saturated rings. The molecule has 0 spiro atoms. The first-order chi connectivity index (χ1) is 15.0. The molecule has 0 bridgehead atoms. The highest BCUT2D eigenvalue weighted by molar-refractivity contribution is 5.78. The average Bonchev–Trinajstić information content (AvgIpc) is 2.82. The second kappa shape index (κ2) is 10.5. The fraction of sp³-hybridized carbons (Fsp3) is 0.522. The number of methoxy groups -OCH3 is 1. The molecule has 1 saturated heterocycles. The minimum Gasteiger partial charge on any atom is -0.497 e. The summed E-state index contributed by atoms with van der Waals surface area (Å²) in [5.74, 6) is 1.50. The molecular formula is C23H33N5O3. The van der Waals surface area contributed by atoms with Gasteiger partial charge in [0.1, 0.15) is 11.9 Å². The zero-order chi connectivity index (χ0) is 22.4. The number of hydrogen-bond acceptors (Lipinski definition) is 7. The van der Waals surface area contributed by atoms with Crippen molar-refractivity contribution in [2.24, 2.45) is 0 Å². The van der Waals surface area contributed by atoms with Gasteiger partial charge < -0.3 is 19.3 Å². The number of hydrogen-bond donors (Lipinski definition) is 0. The van der Waals surface area contributed by atoms with Gasteiger partial charge in [-0.05, 0) is 30.8 Å². The zero-order valence-electron chi connectivity index (χ0n) is 19.2. The number of carbonyl (C=O) groups is 1. The van der Waals surface area contributed by atoms with Crippen LogP contribution >= 0.6 is 0 Å². The van der Waals surface area contributed by atoms with E-state index in [4.69, 9.17) is 14.5 Å². The van der Waals surface area contributed by atoms with Crippen molar-refractivity contribution in [3.05, 3.63) is 36.2 Å². The molecule has 8 heteroatoms. The van der Waals surface area contributed by atoms with E-state index < -0.39 is 0 Å². The van der Waals surface area contributed by atoms with Crippen molar-refractivity contribution < 1.29 is 14.3 Å². The van der Waals surface area contributed by atoms with E-state index in [2.05, 4.69) is 23.7 Å². The Balaban J connectivity index is 1.92. The fourth-order valence-corrected chi connectivity index (χ4v) is 3.64. The maximum atomic E-state index is 12.9. The zero-order valence-corrected chi connectivity index (χ0v) is 19.2. The fourth-order valence-electron chi connectivity index (χ4n) is 3.64. The third-order valence-electron chi connectivity index (χ3n) is 5.56. The highest BCUT2D eigenvalue weighted by atomic mass is 16.5. The number of aromatic nitrogens is 2. The number of amides is 1. The first kappa shape index (κ1) is 23.0. The summed E-state index contributed by atoms with van der Waals surface area (Å²) in [5, 5.41) is 0. The van der Waals surface area contributed by atoms with Crippen molar-refractivity contribution in [3.8, 4) is 16.9 Å². The number of carbonyl (C=O) groups excluding carboxylic acids is 1. The van der Waals surface area contributed by atoms with Crippen LogP contribution in [0.2, 0.25) is 0 Å². The molecule has 31 heavy (non-hydrogen) atoms. The molecule has 8 nitrogen and oxygen atoms in total. The molecule has 1 aromatic carbocycles. The Bertz CT molecular complexity index is 885. The van der Waals surface area contributed by atoms with Crippen LogP contribution in [0.4, 0.5) is 5.95 Å². The molecule has 1 atom stereocenters. The molecule has 0 radical (unpaired) electrons. The van der Waals surface area contributed by atoms with Crippen molar-refractivity contribution in [1.29, 1.82) is 0 Å². The van der Waals surface area contributed by atoms with Crippen LogP contribution in [-0.4, -0.2) is 86.2 Å². The van der Waals surface area contributed by atoms with Gasteiger partial charge in [-0.25, -0.2) is 9.97 Å². The Morgan fingerprint density at radius 1 is 1.29 bits per heavy atom. The smallest absolute Gasteiger partial charge is 0.236 e. The summed E-state index contributed by atoms with van der Waals surface area (Å²) >= 11 is 0. The summed E-state index contributed by atoms with van der Waals surface area (Å²) in [6.45, 7) is 7.83. The van der Waals surface area contributed by atoms with Crippen molar-refractivity contribution >= 4 is 11.9 Å². The minimum absolute atomic E-state index is 0.127. The lowest BCUT2D eigenvalue weighted by atomic mass is 10.0. The number of ether oxygens (including phenoxy) is 2. The Kier molecular flexibility index (Phi) is 7.81. The number of benzene rings is 1. The van der Waals surface area contributed by atoms with E-state index in [9.17, 15) is 4.79 Å². The van der Waals surface area contributed by atoms with E-state index in [1.807, 2.05) is 54.4 Å². The summed E-state index contributed by atoms with van der Waals surface area (Å²) in [6, 6.07) is 7.82. The summed E-state index contributed by atoms with van der Waals surface area (Å²) < 4.78 is 11.5. The van der Waals surface area contributed by atoms with E-state index in [-0.39, 0.29) is 12.0 Å². The van der Waals surface area contributed by atoms with Crippen molar-refractivity contribution in [3.63, 3.8) is 0 Å². The molecule has 1 aromatic heterocycles. The van der Waals surface area contributed by atoms with Crippen LogP contribution in [-0.2, 0) is 9.53 Å². The van der Waals surface area contributed by atoms with Crippen LogP contribution in [0.1, 0.15) is 25.6 Å². The molecule has 3 rings (SSSR count). The standard InChI is InChI=1S/C23H33N5O3/c1-6-27(7-2)16-21(29)28-11-12-31-20(15-28)22-19(14-24-23(25-22)26(3)4)17-9-8-10-18(13-17)30-5/h8-10,13-14,20H,6-7,11-12,15-16H2,1-5H3/t20-/m1/s1. The highest BCUT2D eigenvalue weighted by Gasteiger charge is 2.29. The molecule has 2 aromatic rings. The Labute approximate surface area is 184 Å². The van der Waals surface area contributed by atoms with E-state index in [1.54, 1.807) is 7.11 Å². The van der Waals surface area contributed by atoms with E-state index in [0.717, 1.165) is 35.7 Å². The topological polar surface area (TPSA) is 71.0 Å². The predicted molar refractivity (Wildman–Crippen MR) is 121 cm³/mol. The summed E-state index contributed by atoms with van der Waals surface area (Å²) in [5.41, 5.74) is 2.62. The predicted octanol–water partition coefficient (Wildman–Crippen LogP) is 2.46. The van der Waals surface area contributed by atoms with E-state index >= 15 is 0 Å². The van der Waals surface area contributed by atoms with Gasteiger partial charge in [-0.2, -0.15) is 0 Å².